The second kappa shape index (κ2) is 8.63. The number of rotatable bonds is 4. The molecule has 4 aliphatic rings. The monoisotopic (exact) mass is 468 g/mol. The Morgan fingerprint density at radius 3 is 2.44 bits per heavy atom. The predicted molar refractivity (Wildman–Crippen MR) is 131 cm³/mol. The van der Waals surface area contributed by atoms with E-state index in [4.69, 9.17) is 4.84 Å². The number of hydrogen-bond acceptors (Lipinski definition) is 4. The lowest BCUT2D eigenvalue weighted by atomic mass is 9.47. The number of carbonyl (C=O) groups excluding carboxylic acids is 2. The lowest BCUT2D eigenvalue weighted by molar-refractivity contribution is -0.146. The number of piperidine rings is 1. The van der Waals surface area contributed by atoms with Crippen LogP contribution in [0.1, 0.15) is 90.7 Å². The van der Waals surface area contributed by atoms with E-state index in [-0.39, 0.29) is 28.7 Å². The number of fused-ring (bicyclic) bond motifs is 5. The van der Waals surface area contributed by atoms with Gasteiger partial charge >= 0.3 is 0 Å². The minimum absolute atomic E-state index is 0.00961. The third kappa shape index (κ3) is 3.78. The van der Waals surface area contributed by atoms with Crippen molar-refractivity contribution < 1.29 is 19.5 Å². The number of nitrogens with zero attached hydrogens (tertiary/aromatic N) is 1. The van der Waals surface area contributed by atoms with Gasteiger partial charge in [0.05, 0.1) is 17.9 Å². The highest BCUT2D eigenvalue weighted by molar-refractivity contribution is 5.89. The van der Waals surface area contributed by atoms with Gasteiger partial charge in [-0.05, 0) is 98.1 Å². The van der Waals surface area contributed by atoms with Crippen LogP contribution in [-0.4, -0.2) is 29.1 Å². The van der Waals surface area contributed by atoms with E-state index in [1.807, 2.05) is 24.3 Å². The number of anilines is 1. The molecule has 6 heteroatoms. The average molecular weight is 469 g/mol. The predicted octanol–water partition coefficient (Wildman–Crippen LogP) is 4.91. The molecule has 1 heterocycles. The molecule has 0 radical (unpaired) electrons. The zero-order chi connectivity index (χ0) is 24.3. The van der Waals surface area contributed by atoms with E-state index in [0.29, 0.717) is 35.9 Å². The van der Waals surface area contributed by atoms with Crippen LogP contribution in [0.3, 0.4) is 0 Å². The van der Waals surface area contributed by atoms with Crippen molar-refractivity contribution in [2.75, 3.05) is 5.06 Å². The molecule has 4 fully saturated rings. The van der Waals surface area contributed by atoms with Crippen LogP contribution in [0, 0.1) is 28.6 Å². The van der Waals surface area contributed by atoms with Gasteiger partial charge in [-0.2, -0.15) is 5.06 Å². The molecule has 0 spiro atoms. The molecule has 1 saturated heterocycles. The highest BCUT2D eigenvalue weighted by Gasteiger charge is 2.61. The first-order chi connectivity index (χ1) is 16.1. The number of benzene rings is 1. The van der Waals surface area contributed by atoms with Crippen LogP contribution in [0.25, 0.3) is 0 Å². The van der Waals surface area contributed by atoms with E-state index in [1.54, 1.807) is 13.8 Å². The fraction of sp³-hybridized carbons (Fsp3) is 0.714. The zero-order valence-corrected chi connectivity index (χ0v) is 21.0. The van der Waals surface area contributed by atoms with Gasteiger partial charge in [-0.15, -0.1) is 0 Å². The molecule has 34 heavy (non-hydrogen) atoms. The van der Waals surface area contributed by atoms with Crippen LogP contribution in [-0.2, 0) is 14.4 Å². The number of hydrogen-bond donors (Lipinski definition) is 2. The molecule has 3 aliphatic carbocycles. The van der Waals surface area contributed by atoms with Gasteiger partial charge in [-0.1, -0.05) is 26.0 Å². The van der Waals surface area contributed by atoms with Crippen molar-refractivity contribution in [3.8, 4) is 0 Å². The second-order valence-corrected chi connectivity index (χ2v) is 11.9. The maximum absolute atomic E-state index is 12.6. The zero-order valence-electron chi connectivity index (χ0n) is 21.0. The topological polar surface area (TPSA) is 78.9 Å². The largest absolute Gasteiger partial charge is 0.389 e. The highest BCUT2D eigenvalue weighted by Crippen LogP contribution is 2.64. The Bertz CT molecular complexity index is 946. The summed E-state index contributed by atoms with van der Waals surface area (Å²) in [6.07, 6.45) is 7.77. The third-order valence-electron chi connectivity index (χ3n) is 10.1. The fourth-order valence-corrected chi connectivity index (χ4v) is 8.16. The quantitative estimate of drug-likeness (QED) is 0.615. The van der Waals surface area contributed by atoms with Crippen LogP contribution >= 0.6 is 0 Å². The molecule has 1 aromatic rings. The number of hydroxylamine groups is 1. The molecule has 1 aliphatic heterocycles. The molecular formula is C28H40N2O4. The molecule has 186 valence electrons. The molecule has 0 bridgehead atoms. The van der Waals surface area contributed by atoms with E-state index in [1.165, 1.54) is 17.9 Å². The molecule has 0 aromatic heterocycles. The summed E-state index contributed by atoms with van der Waals surface area (Å²) < 4.78 is 0. The Morgan fingerprint density at radius 1 is 1.06 bits per heavy atom. The summed E-state index contributed by atoms with van der Waals surface area (Å²) >= 11 is 0. The van der Waals surface area contributed by atoms with Crippen molar-refractivity contribution >= 4 is 17.5 Å². The van der Waals surface area contributed by atoms with Crippen molar-refractivity contribution in [1.82, 2.24) is 5.32 Å². The average Bonchev–Trinajstić information content (AvgIpc) is 3.14. The number of amides is 2. The van der Waals surface area contributed by atoms with Crippen LogP contribution in [0.2, 0.25) is 0 Å². The number of carbonyl (C=O) groups is 2. The van der Waals surface area contributed by atoms with E-state index in [9.17, 15) is 14.7 Å². The van der Waals surface area contributed by atoms with E-state index in [2.05, 4.69) is 19.2 Å². The van der Waals surface area contributed by atoms with Crippen LogP contribution in [0.15, 0.2) is 24.3 Å². The van der Waals surface area contributed by atoms with E-state index in [0.717, 1.165) is 37.7 Å². The first-order valence-electron chi connectivity index (χ1n) is 13.2. The summed E-state index contributed by atoms with van der Waals surface area (Å²) in [4.78, 5) is 31.2. The highest BCUT2D eigenvalue weighted by atomic mass is 16.7. The lowest BCUT2D eigenvalue weighted by Crippen LogP contribution is -2.61. The Balaban J connectivity index is 1.34. The van der Waals surface area contributed by atoms with Gasteiger partial charge in [0, 0.05) is 19.4 Å². The van der Waals surface area contributed by atoms with Crippen molar-refractivity contribution in [3.05, 3.63) is 29.8 Å². The maximum Gasteiger partial charge on any atom is 0.247 e. The van der Waals surface area contributed by atoms with Crippen LogP contribution in [0.4, 0.5) is 5.69 Å². The summed E-state index contributed by atoms with van der Waals surface area (Å²) in [7, 11) is 0. The molecule has 2 N–H and O–H groups in total. The molecule has 2 amide bonds. The standard InChI is InChI=1S/C28H40N2O4/c1-17(31)19-5-7-20(8-6-19)30(18(2)32)34-25-12-10-22-21-9-11-24-27(3,16-14-26(33)29-24)23(21)13-15-28(22,25)4/h5-8,17,21-25,31H,9-16H2,1-4H3,(H,29,33)/t17?,21?,22?,23?,24-,25+,27-,28+/m1/s1. The summed E-state index contributed by atoms with van der Waals surface area (Å²) in [5, 5.41) is 14.6. The second-order valence-electron chi connectivity index (χ2n) is 11.9. The van der Waals surface area contributed by atoms with Gasteiger partial charge in [0.2, 0.25) is 11.8 Å². The van der Waals surface area contributed by atoms with Crippen molar-refractivity contribution in [3.63, 3.8) is 0 Å². The molecular weight excluding hydrogens is 428 g/mol. The van der Waals surface area contributed by atoms with Gasteiger partial charge < -0.3 is 10.4 Å². The Labute approximate surface area is 203 Å². The van der Waals surface area contributed by atoms with Gasteiger partial charge in [-0.3, -0.25) is 14.4 Å². The molecule has 4 unspecified atom stereocenters. The Kier molecular flexibility index (Phi) is 6.04. The first-order valence-corrected chi connectivity index (χ1v) is 13.2. The summed E-state index contributed by atoms with van der Waals surface area (Å²) in [6.45, 7) is 8.10. The van der Waals surface area contributed by atoms with E-state index < -0.39 is 6.10 Å². The molecule has 1 aromatic carbocycles. The Morgan fingerprint density at radius 2 is 1.76 bits per heavy atom. The van der Waals surface area contributed by atoms with Crippen LogP contribution < -0.4 is 10.4 Å². The summed E-state index contributed by atoms with van der Waals surface area (Å²) in [5.41, 5.74) is 1.79. The Hall–Kier alpha value is -1.92. The third-order valence-corrected chi connectivity index (χ3v) is 10.1. The van der Waals surface area contributed by atoms with Crippen molar-refractivity contribution in [1.29, 1.82) is 0 Å². The molecule has 6 nitrogen and oxygen atoms in total. The fourth-order valence-electron chi connectivity index (χ4n) is 8.16. The first kappa shape index (κ1) is 23.8. The van der Waals surface area contributed by atoms with Crippen LogP contribution in [0.5, 0.6) is 0 Å². The van der Waals surface area contributed by atoms with Gasteiger partial charge in [0.15, 0.2) is 0 Å². The summed E-state index contributed by atoms with van der Waals surface area (Å²) in [6, 6.07) is 7.74. The normalized spacial score (nSPS) is 39.9. The van der Waals surface area contributed by atoms with Crippen molar-refractivity contribution in [2.24, 2.45) is 28.6 Å². The summed E-state index contributed by atoms with van der Waals surface area (Å²) in [5.74, 6) is 2.01. The molecule has 3 saturated carbocycles. The van der Waals surface area contributed by atoms with E-state index >= 15 is 0 Å². The van der Waals surface area contributed by atoms with Gasteiger partial charge in [0.25, 0.3) is 0 Å². The minimum atomic E-state index is -0.542. The number of nitrogens with one attached hydrogen (secondary N) is 1. The smallest absolute Gasteiger partial charge is 0.247 e. The van der Waals surface area contributed by atoms with Gasteiger partial charge in [-0.25, -0.2) is 0 Å². The maximum atomic E-state index is 12.6. The SMILES string of the molecule is CC(=O)N(O[C@H]1CCC2C3CC[C@H]4NC(=O)CC[C@]4(C)C3CC[C@@]21C)c1ccc(C(C)O)cc1. The lowest BCUT2D eigenvalue weighted by Gasteiger charge is -2.60. The number of aliphatic hydroxyl groups is 1. The minimum Gasteiger partial charge on any atom is -0.389 e. The molecule has 8 atom stereocenters. The van der Waals surface area contributed by atoms with Crippen molar-refractivity contribution in [2.45, 2.75) is 97.3 Å². The number of aliphatic hydroxyl groups excluding tert-OH is 1. The van der Waals surface area contributed by atoms with Gasteiger partial charge in [0.1, 0.15) is 0 Å². The molecule has 5 rings (SSSR count).